The van der Waals surface area contributed by atoms with Crippen molar-refractivity contribution in [2.24, 2.45) is 0 Å². The van der Waals surface area contributed by atoms with E-state index in [0.29, 0.717) is 11.9 Å². The number of aryl methyl sites for hydroxylation is 1. The monoisotopic (exact) mass is 328 g/mol. The minimum absolute atomic E-state index is 0.107. The van der Waals surface area contributed by atoms with Crippen LogP contribution in [0.25, 0.3) is 0 Å². The average molecular weight is 328 g/mol. The molecule has 1 aromatic heterocycles. The van der Waals surface area contributed by atoms with Crippen LogP contribution in [0.5, 0.6) is 0 Å². The molecule has 24 heavy (non-hydrogen) atoms. The standard InChI is InChI=1S/C19H28N4O/c1-5-14-6-8-15(9-7-14)16-12-20-10-11-23(16)13-17-21-18(24-22-17)19(2,3)4/h6-9,16,20H,5,10-13H2,1-4H3. The highest BCUT2D eigenvalue weighted by Gasteiger charge is 2.27. The van der Waals surface area contributed by atoms with Gasteiger partial charge in [-0.05, 0) is 17.5 Å². The van der Waals surface area contributed by atoms with Gasteiger partial charge in [0, 0.05) is 31.1 Å². The third-order valence-corrected chi connectivity index (χ3v) is 4.58. The molecular formula is C19H28N4O. The Bertz CT molecular complexity index is 657. The van der Waals surface area contributed by atoms with E-state index < -0.39 is 0 Å². The van der Waals surface area contributed by atoms with Crippen molar-refractivity contribution in [2.75, 3.05) is 19.6 Å². The Kier molecular flexibility index (Phi) is 5.01. The Morgan fingerprint density at radius 1 is 1.25 bits per heavy atom. The molecule has 0 aliphatic carbocycles. The molecule has 2 heterocycles. The second-order valence-electron chi connectivity index (χ2n) is 7.55. The zero-order chi connectivity index (χ0) is 17.2. The Labute approximate surface area is 144 Å². The first-order valence-electron chi connectivity index (χ1n) is 8.84. The number of rotatable bonds is 4. The normalized spacial score (nSPS) is 19.6. The second kappa shape index (κ2) is 7.03. The molecule has 0 bridgehead atoms. The van der Waals surface area contributed by atoms with E-state index in [1.165, 1.54) is 11.1 Å². The molecule has 0 amide bonds. The van der Waals surface area contributed by atoms with Gasteiger partial charge in [0.2, 0.25) is 5.89 Å². The van der Waals surface area contributed by atoms with Crippen LogP contribution in [0.3, 0.4) is 0 Å². The molecule has 0 radical (unpaired) electrons. The Balaban J connectivity index is 1.75. The maximum atomic E-state index is 5.44. The van der Waals surface area contributed by atoms with Gasteiger partial charge in [-0.25, -0.2) is 0 Å². The van der Waals surface area contributed by atoms with Crippen LogP contribution < -0.4 is 5.32 Å². The summed E-state index contributed by atoms with van der Waals surface area (Å²) < 4.78 is 5.44. The van der Waals surface area contributed by atoms with Crippen molar-refractivity contribution >= 4 is 0 Å². The predicted octanol–water partition coefficient (Wildman–Crippen LogP) is 3.08. The lowest BCUT2D eigenvalue weighted by Gasteiger charge is -2.35. The van der Waals surface area contributed by atoms with Crippen LogP contribution in [0.2, 0.25) is 0 Å². The second-order valence-corrected chi connectivity index (χ2v) is 7.55. The first-order valence-corrected chi connectivity index (χ1v) is 8.84. The van der Waals surface area contributed by atoms with Crippen molar-refractivity contribution in [1.29, 1.82) is 0 Å². The number of aromatic nitrogens is 2. The van der Waals surface area contributed by atoms with Gasteiger partial charge in [-0.15, -0.1) is 0 Å². The highest BCUT2D eigenvalue weighted by atomic mass is 16.5. The third kappa shape index (κ3) is 3.84. The van der Waals surface area contributed by atoms with Crippen LogP contribution in [-0.4, -0.2) is 34.7 Å². The first-order chi connectivity index (χ1) is 11.5. The zero-order valence-electron chi connectivity index (χ0n) is 15.2. The van der Waals surface area contributed by atoms with Gasteiger partial charge in [0.1, 0.15) is 0 Å². The number of piperazine rings is 1. The minimum Gasteiger partial charge on any atom is -0.339 e. The number of hydrogen-bond acceptors (Lipinski definition) is 5. The summed E-state index contributed by atoms with van der Waals surface area (Å²) >= 11 is 0. The molecule has 1 aliphatic rings. The van der Waals surface area contributed by atoms with E-state index in [9.17, 15) is 0 Å². The van der Waals surface area contributed by atoms with Crippen LogP contribution >= 0.6 is 0 Å². The molecule has 5 nitrogen and oxygen atoms in total. The van der Waals surface area contributed by atoms with E-state index in [1.54, 1.807) is 0 Å². The molecule has 1 saturated heterocycles. The summed E-state index contributed by atoms with van der Waals surface area (Å²) in [5.74, 6) is 1.48. The quantitative estimate of drug-likeness (QED) is 0.935. The van der Waals surface area contributed by atoms with Gasteiger partial charge in [-0.3, -0.25) is 4.90 Å². The van der Waals surface area contributed by atoms with Gasteiger partial charge in [-0.2, -0.15) is 4.98 Å². The highest BCUT2D eigenvalue weighted by Crippen LogP contribution is 2.25. The summed E-state index contributed by atoms with van der Waals surface area (Å²) in [6, 6.07) is 9.31. The maximum Gasteiger partial charge on any atom is 0.232 e. The fourth-order valence-electron chi connectivity index (χ4n) is 3.04. The summed E-state index contributed by atoms with van der Waals surface area (Å²) in [6.07, 6.45) is 1.07. The van der Waals surface area contributed by atoms with Crippen molar-refractivity contribution in [3.05, 3.63) is 47.1 Å². The van der Waals surface area contributed by atoms with Gasteiger partial charge >= 0.3 is 0 Å². The van der Waals surface area contributed by atoms with E-state index in [4.69, 9.17) is 4.52 Å². The molecule has 3 rings (SSSR count). The summed E-state index contributed by atoms with van der Waals surface area (Å²) in [5, 5.41) is 7.69. The van der Waals surface area contributed by atoms with Crippen molar-refractivity contribution in [3.63, 3.8) is 0 Å². The summed E-state index contributed by atoms with van der Waals surface area (Å²) in [5.41, 5.74) is 2.62. The maximum absolute atomic E-state index is 5.44. The Morgan fingerprint density at radius 3 is 2.62 bits per heavy atom. The smallest absolute Gasteiger partial charge is 0.232 e. The average Bonchev–Trinajstić information content (AvgIpc) is 3.04. The molecule has 1 atom stereocenters. The molecule has 1 aliphatic heterocycles. The van der Waals surface area contributed by atoms with E-state index in [0.717, 1.165) is 38.4 Å². The molecule has 0 spiro atoms. The molecule has 0 saturated carbocycles. The van der Waals surface area contributed by atoms with E-state index >= 15 is 0 Å². The molecular weight excluding hydrogens is 300 g/mol. The Morgan fingerprint density at radius 2 is 2.00 bits per heavy atom. The molecule has 130 valence electrons. The first kappa shape index (κ1) is 17.1. The van der Waals surface area contributed by atoms with Gasteiger partial charge < -0.3 is 9.84 Å². The lowest BCUT2D eigenvalue weighted by Crippen LogP contribution is -2.45. The summed E-state index contributed by atoms with van der Waals surface area (Å²) in [6.45, 7) is 12.1. The van der Waals surface area contributed by atoms with Crippen molar-refractivity contribution in [2.45, 2.75) is 52.1 Å². The lowest BCUT2D eigenvalue weighted by atomic mass is 9.97. The van der Waals surface area contributed by atoms with Crippen LogP contribution in [-0.2, 0) is 18.4 Å². The fourth-order valence-corrected chi connectivity index (χ4v) is 3.04. The van der Waals surface area contributed by atoms with Crippen LogP contribution in [0, 0.1) is 0 Å². The fraction of sp³-hybridized carbons (Fsp3) is 0.579. The highest BCUT2D eigenvalue weighted by molar-refractivity contribution is 5.26. The van der Waals surface area contributed by atoms with E-state index in [-0.39, 0.29) is 5.41 Å². The van der Waals surface area contributed by atoms with E-state index in [1.807, 2.05) is 0 Å². The van der Waals surface area contributed by atoms with Crippen molar-refractivity contribution in [1.82, 2.24) is 20.4 Å². The van der Waals surface area contributed by atoms with E-state index in [2.05, 4.69) is 72.3 Å². The lowest BCUT2D eigenvalue weighted by molar-refractivity contribution is 0.148. The minimum atomic E-state index is -0.107. The summed E-state index contributed by atoms with van der Waals surface area (Å²) in [4.78, 5) is 7.03. The Hall–Kier alpha value is -1.72. The summed E-state index contributed by atoms with van der Waals surface area (Å²) in [7, 11) is 0. The third-order valence-electron chi connectivity index (χ3n) is 4.58. The molecule has 5 heteroatoms. The molecule has 1 unspecified atom stereocenters. The van der Waals surface area contributed by atoms with Crippen LogP contribution in [0.1, 0.15) is 56.6 Å². The number of hydrogen-bond donors (Lipinski definition) is 1. The van der Waals surface area contributed by atoms with Crippen LogP contribution in [0.15, 0.2) is 28.8 Å². The van der Waals surface area contributed by atoms with Gasteiger partial charge in [0.05, 0.1) is 6.54 Å². The van der Waals surface area contributed by atoms with Crippen molar-refractivity contribution in [3.8, 4) is 0 Å². The van der Waals surface area contributed by atoms with Crippen molar-refractivity contribution < 1.29 is 4.52 Å². The topological polar surface area (TPSA) is 54.2 Å². The van der Waals surface area contributed by atoms with Crippen LogP contribution in [0.4, 0.5) is 0 Å². The number of nitrogens with zero attached hydrogens (tertiary/aromatic N) is 3. The molecule has 1 fully saturated rings. The zero-order valence-corrected chi connectivity index (χ0v) is 15.2. The number of benzene rings is 1. The molecule has 1 N–H and O–H groups in total. The number of nitrogens with one attached hydrogen (secondary N) is 1. The van der Waals surface area contributed by atoms with Gasteiger partial charge in [0.15, 0.2) is 5.82 Å². The SMILES string of the molecule is CCc1ccc(C2CNCCN2Cc2noc(C(C)(C)C)n2)cc1. The molecule has 2 aromatic rings. The molecule has 1 aromatic carbocycles. The predicted molar refractivity (Wildman–Crippen MR) is 94.8 cm³/mol. The van der Waals surface area contributed by atoms with Gasteiger partial charge in [-0.1, -0.05) is 57.1 Å². The van der Waals surface area contributed by atoms with Gasteiger partial charge in [0.25, 0.3) is 0 Å². The largest absolute Gasteiger partial charge is 0.339 e.